The Morgan fingerprint density at radius 3 is 2.47 bits per heavy atom. The molecule has 1 aromatic rings. The number of imidazole rings is 1. The van der Waals surface area contributed by atoms with E-state index in [1.165, 1.54) is 19.3 Å². The zero-order valence-electron chi connectivity index (χ0n) is 10.3. The van der Waals surface area contributed by atoms with E-state index in [4.69, 9.17) is 5.73 Å². The number of aromatic nitrogens is 2. The molecule has 2 N–H and O–H groups in total. The van der Waals surface area contributed by atoms with Crippen LogP contribution in [0, 0.1) is 12.8 Å². The fourth-order valence-electron chi connectivity index (χ4n) is 1.85. The van der Waals surface area contributed by atoms with Crippen molar-refractivity contribution < 1.29 is 0 Å². The van der Waals surface area contributed by atoms with E-state index in [1.807, 2.05) is 13.1 Å². The Balaban J connectivity index is 2.46. The van der Waals surface area contributed by atoms with Crippen molar-refractivity contribution in [2.24, 2.45) is 5.92 Å². The van der Waals surface area contributed by atoms with Crippen LogP contribution in [0.3, 0.4) is 0 Å². The van der Waals surface area contributed by atoms with Gasteiger partial charge in [-0.3, -0.25) is 0 Å². The maximum absolute atomic E-state index is 5.83. The summed E-state index contributed by atoms with van der Waals surface area (Å²) in [5.74, 6) is 1.43. The largest absolute Gasteiger partial charge is 0.369 e. The number of rotatable bonds is 5. The van der Waals surface area contributed by atoms with Gasteiger partial charge in [-0.25, -0.2) is 4.98 Å². The summed E-state index contributed by atoms with van der Waals surface area (Å²) in [6.07, 6.45) is 5.76. The molecule has 0 aliphatic rings. The standard InChI is InChI=1S/C12H23N3/c1-9(2)6-5-7-11(4)15-8-10(3)14-12(15)13/h8-9,11H,5-7H2,1-4H3,(H2,13,14). The quantitative estimate of drug-likeness (QED) is 0.809. The van der Waals surface area contributed by atoms with Gasteiger partial charge < -0.3 is 10.3 Å². The molecule has 0 aliphatic carbocycles. The molecule has 1 aromatic heterocycles. The van der Waals surface area contributed by atoms with Crippen molar-refractivity contribution in [2.75, 3.05) is 5.73 Å². The molecule has 0 fully saturated rings. The Bertz CT molecular complexity index is 302. The van der Waals surface area contributed by atoms with Gasteiger partial charge in [0.1, 0.15) is 0 Å². The second-order valence-electron chi connectivity index (χ2n) is 4.82. The lowest BCUT2D eigenvalue weighted by atomic mass is 10.0. The smallest absolute Gasteiger partial charge is 0.200 e. The van der Waals surface area contributed by atoms with Crippen LogP contribution in [0.15, 0.2) is 6.20 Å². The molecule has 3 nitrogen and oxygen atoms in total. The van der Waals surface area contributed by atoms with Crippen molar-refractivity contribution in [1.29, 1.82) is 0 Å². The number of aryl methyl sites for hydroxylation is 1. The lowest BCUT2D eigenvalue weighted by Gasteiger charge is -2.15. The highest BCUT2D eigenvalue weighted by Crippen LogP contribution is 2.20. The summed E-state index contributed by atoms with van der Waals surface area (Å²) in [6, 6.07) is 0.463. The Kier molecular flexibility index (Phi) is 4.18. The Labute approximate surface area is 92.7 Å². The lowest BCUT2D eigenvalue weighted by Crippen LogP contribution is -2.08. The molecule has 1 heterocycles. The van der Waals surface area contributed by atoms with Crippen LogP contribution in [0.4, 0.5) is 5.95 Å². The van der Waals surface area contributed by atoms with Crippen LogP contribution in [0.1, 0.15) is 51.8 Å². The summed E-state index contributed by atoms with van der Waals surface area (Å²) in [4.78, 5) is 4.22. The molecular formula is C12H23N3. The number of anilines is 1. The SMILES string of the molecule is Cc1cn(C(C)CCCC(C)C)c(N)n1. The topological polar surface area (TPSA) is 43.8 Å². The highest BCUT2D eigenvalue weighted by molar-refractivity contribution is 5.22. The van der Waals surface area contributed by atoms with E-state index >= 15 is 0 Å². The average molecular weight is 209 g/mol. The number of hydrogen-bond acceptors (Lipinski definition) is 2. The van der Waals surface area contributed by atoms with E-state index in [2.05, 4.69) is 30.3 Å². The highest BCUT2D eigenvalue weighted by atomic mass is 15.2. The summed E-state index contributed by atoms with van der Waals surface area (Å²) in [5, 5.41) is 0. The van der Waals surface area contributed by atoms with Crippen molar-refractivity contribution in [3.05, 3.63) is 11.9 Å². The van der Waals surface area contributed by atoms with Gasteiger partial charge >= 0.3 is 0 Å². The highest BCUT2D eigenvalue weighted by Gasteiger charge is 2.09. The van der Waals surface area contributed by atoms with Gasteiger partial charge in [0.2, 0.25) is 5.95 Å². The number of hydrogen-bond donors (Lipinski definition) is 1. The van der Waals surface area contributed by atoms with E-state index in [0.717, 1.165) is 11.6 Å². The first kappa shape index (κ1) is 12.1. The van der Waals surface area contributed by atoms with Gasteiger partial charge in [-0.2, -0.15) is 0 Å². The van der Waals surface area contributed by atoms with E-state index in [9.17, 15) is 0 Å². The molecule has 0 aliphatic heterocycles. The summed E-state index contributed by atoms with van der Waals surface area (Å²) < 4.78 is 2.08. The molecule has 3 heteroatoms. The van der Waals surface area contributed by atoms with Crippen LogP contribution in [0.25, 0.3) is 0 Å². The summed E-state index contributed by atoms with van der Waals surface area (Å²) in [5.41, 5.74) is 6.83. The summed E-state index contributed by atoms with van der Waals surface area (Å²) in [6.45, 7) is 8.71. The third-order valence-corrected chi connectivity index (χ3v) is 2.76. The van der Waals surface area contributed by atoms with Crippen LogP contribution in [-0.2, 0) is 0 Å². The second kappa shape index (κ2) is 5.19. The molecular weight excluding hydrogens is 186 g/mol. The van der Waals surface area contributed by atoms with Crippen LogP contribution >= 0.6 is 0 Å². The van der Waals surface area contributed by atoms with Gasteiger partial charge in [0, 0.05) is 12.2 Å². The lowest BCUT2D eigenvalue weighted by molar-refractivity contribution is 0.450. The maximum Gasteiger partial charge on any atom is 0.200 e. The van der Waals surface area contributed by atoms with E-state index in [1.54, 1.807) is 0 Å². The summed E-state index contributed by atoms with van der Waals surface area (Å²) in [7, 11) is 0. The second-order valence-corrected chi connectivity index (χ2v) is 4.82. The van der Waals surface area contributed by atoms with Crippen molar-refractivity contribution in [2.45, 2.75) is 53.0 Å². The van der Waals surface area contributed by atoms with Crippen LogP contribution < -0.4 is 5.73 Å². The van der Waals surface area contributed by atoms with Gasteiger partial charge in [0.05, 0.1) is 5.69 Å². The first-order valence-corrected chi connectivity index (χ1v) is 5.81. The first-order chi connectivity index (χ1) is 7.00. The molecule has 1 rings (SSSR count). The molecule has 86 valence electrons. The monoisotopic (exact) mass is 209 g/mol. The normalized spacial score (nSPS) is 13.4. The van der Waals surface area contributed by atoms with E-state index in [-0.39, 0.29) is 0 Å². The molecule has 0 spiro atoms. The summed E-state index contributed by atoms with van der Waals surface area (Å²) >= 11 is 0. The van der Waals surface area contributed by atoms with Crippen molar-refractivity contribution in [1.82, 2.24) is 9.55 Å². The van der Waals surface area contributed by atoms with E-state index in [0.29, 0.717) is 12.0 Å². The molecule has 0 bridgehead atoms. The first-order valence-electron chi connectivity index (χ1n) is 5.81. The minimum Gasteiger partial charge on any atom is -0.369 e. The van der Waals surface area contributed by atoms with Crippen LogP contribution in [0.2, 0.25) is 0 Å². The molecule has 1 atom stereocenters. The van der Waals surface area contributed by atoms with Crippen LogP contribution in [-0.4, -0.2) is 9.55 Å². The fourth-order valence-corrected chi connectivity index (χ4v) is 1.85. The molecule has 0 saturated carbocycles. The Morgan fingerprint density at radius 2 is 2.00 bits per heavy atom. The van der Waals surface area contributed by atoms with Crippen LogP contribution in [0.5, 0.6) is 0 Å². The minimum absolute atomic E-state index is 0.463. The predicted octanol–water partition coefficient (Wildman–Crippen LogP) is 3.16. The third kappa shape index (κ3) is 3.57. The van der Waals surface area contributed by atoms with Gasteiger partial charge in [-0.1, -0.05) is 26.7 Å². The minimum atomic E-state index is 0.463. The molecule has 1 unspecified atom stereocenters. The molecule has 0 saturated heterocycles. The number of nitrogens with zero attached hydrogens (tertiary/aromatic N) is 2. The van der Waals surface area contributed by atoms with Crippen molar-refractivity contribution in [3.63, 3.8) is 0 Å². The average Bonchev–Trinajstić information content (AvgIpc) is 2.44. The van der Waals surface area contributed by atoms with Gasteiger partial charge in [0.25, 0.3) is 0 Å². The molecule has 0 aromatic carbocycles. The zero-order chi connectivity index (χ0) is 11.4. The van der Waals surface area contributed by atoms with Gasteiger partial charge in [-0.15, -0.1) is 0 Å². The fraction of sp³-hybridized carbons (Fsp3) is 0.750. The van der Waals surface area contributed by atoms with Gasteiger partial charge in [0.15, 0.2) is 0 Å². The molecule has 0 radical (unpaired) electrons. The predicted molar refractivity (Wildman–Crippen MR) is 64.8 cm³/mol. The van der Waals surface area contributed by atoms with Crippen molar-refractivity contribution >= 4 is 5.95 Å². The van der Waals surface area contributed by atoms with E-state index < -0.39 is 0 Å². The Morgan fingerprint density at radius 1 is 1.33 bits per heavy atom. The molecule has 15 heavy (non-hydrogen) atoms. The number of nitrogen functional groups attached to an aromatic ring is 1. The number of nitrogens with two attached hydrogens (primary N) is 1. The van der Waals surface area contributed by atoms with Gasteiger partial charge in [-0.05, 0) is 26.2 Å². The molecule has 0 amide bonds. The van der Waals surface area contributed by atoms with Crippen molar-refractivity contribution in [3.8, 4) is 0 Å². The third-order valence-electron chi connectivity index (χ3n) is 2.76. The maximum atomic E-state index is 5.83. The Hall–Kier alpha value is -0.990. The zero-order valence-corrected chi connectivity index (χ0v) is 10.3.